The van der Waals surface area contributed by atoms with Gasteiger partial charge < -0.3 is 10.1 Å². The van der Waals surface area contributed by atoms with Gasteiger partial charge in [0, 0.05) is 0 Å². The number of nitrogens with one attached hydrogen (secondary N) is 1. The van der Waals surface area contributed by atoms with Crippen molar-refractivity contribution in [2.24, 2.45) is 0 Å². The van der Waals surface area contributed by atoms with Crippen LogP contribution in [-0.4, -0.2) is 23.9 Å². The summed E-state index contributed by atoms with van der Waals surface area (Å²) >= 11 is 3.11. The average molecular weight is 314 g/mol. The Bertz CT molecular complexity index is 432. The first-order valence-corrected chi connectivity index (χ1v) is 7.14. The molecule has 0 aromatic heterocycles. The highest BCUT2D eigenvalue weighted by Crippen LogP contribution is 2.26. The van der Waals surface area contributed by atoms with E-state index in [-0.39, 0.29) is 12.0 Å². The fourth-order valence-corrected chi connectivity index (χ4v) is 1.85. The van der Waals surface area contributed by atoms with Gasteiger partial charge in [0.05, 0.1) is 11.9 Å². The van der Waals surface area contributed by atoms with Crippen LogP contribution >= 0.6 is 15.9 Å². The molecule has 0 radical (unpaired) electrons. The van der Waals surface area contributed by atoms with Gasteiger partial charge in [0.2, 0.25) is 5.91 Å². The molecule has 18 heavy (non-hydrogen) atoms. The molecule has 1 aromatic rings. The molecule has 1 N–H and O–H groups in total. The fraction of sp³-hybridized carbons (Fsp3) is 0.500. The number of aryl methyl sites for hydroxylation is 2. The van der Waals surface area contributed by atoms with Crippen LogP contribution in [0, 0.1) is 20.8 Å². The van der Waals surface area contributed by atoms with E-state index in [1.165, 1.54) is 5.56 Å². The third-order valence-electron chi connectivity index (χ3n) is 2.90. The number of halogens is 1. The zero-order valence-electron chi connectivity index (χ0n) is 11.3. The zero-order chi connectivity index (χ0) is 13.7. The van der Waals surface area contributed by atoms with E-state index < -0.39 is 0 Å². The van der Waals surface area contributed by atoms with Crippen molar-refractivity contribution in [3.8, 4) is 5.75 Å². The normalized spacial score (nSPS) is 12.1. The molecule has 3 nitrogen and oxygen atoms in total. The highest BCUT2D eigenvalue weighted by atomic mass is 79.9. The Morgan fingerprint density at radius 2 is 1.94 bits per heavy atom. The number of hydrogen-bond acceptors (Lipinski definition) is 2. The predicted molar refractivity (Wildman–Crippen MR) is 77.5 cm³/mol. The van der Waals surface area contributed by atoms with E-state index in [1.54, 1.807) is 0 Å². The van der Waals surface area contributed by atoms with E-state index in [9.17, 15) is 4.79 Å². The summed E-state index contributed by atoms with van der Waals surface area (Å²) in [5, 5.41) is 3.12. The molecule has 100 valence electrons. The van der Waals surface area contributed by atoms with Crippen molar-refractivity contribution < 1.29 is 9.53 Å². The van der Waals surface area contributed by atoms with Crippen LogP contribution in [-0.2, 0) is 4.79 Å². The van der Waals surface area contributed by atoms with Gasteiger partial charge >= 0.3 is 0 Å². The van der Waals surface area contributed by atoms with Crippen molar-refractivity contribution in [2.75, 3.05) is 11.9 Å². The Kier molecular flexibility index (Phi) is 5.66. The molecule has 0 saturated carbocycles. The van der Waals surface area contributed by atoms with Gasteiger partial charge in [0.1, 0.15) is 11.9 Å². The minimum Gasteiger partial charge on any atom is -0.488 e. The highest BCUT2D eigenvalue weighted by molar-refractivity contribution is 9.09. The topological polar surface area (TPSA) is 38.3 Å². The lowest BCUT2D eigenvalue weighted by atomic mass is 10.1. The van der Waals surface area contributed by atoms with Gasteiger partial charge in [0.15, 0.2) is 0 Å². The Hall–Kier alpha value is -1.03. The molecule has 0 aliphatic heterocycles. The summed E-state index contributed by atoms with van der Waals surface area (Å²) in [4.78, 5) is 11.1. The SMILES string of the molecule is Cc1ccc(C)c(OC(C)CNC(=O)CBr)c1C. The van der Waals surface area contributed by atoms with Gasteiger partial charge in [-0.2, -0.15) is 0 Å². The van der Waals surface area contributed by atoms with Gasteiger partial charge in [-0.05, 0) is 44.4 Å². The summed E-state index contributed by atoms with van der Waals surface area (Å²) in [6.07, 6.45) is -0.0489. The summed E-state index contributed by atoms with van der Waals surface area (Å²) in [6, 6.07) is 4.15. The third kappa shape index (κ3) is 4.02. The van der Waals surface area contributed by atoms with Gasteiger partial charge in [0.25, 0.3) is 0 Å². The largest absolute Gasteiger partial charge is 0.488 e. The monoisotopic (exact) mass is 313 g/mol. The van der Waals surface area contributed by atoms with Crippen LogP contribution in [0.5, 0.6) is 5.75 Å². The number of amides is 1. The second-order valence-electron chi connectivity index (χ2n) is 4.52. The Morgan fingerprint density at radius 1 is 1.33 bits per heavy atom. The molecule has 1 unspecified atom stereocenters. The lowest BCUT2D eigenvalue weighted by molar-refractivity contribution is -0.118. The maximum absolute atomic E-state index is 11.1. The van der Waals surface area contributed by atoms with Crippen LogP contribution in [0.25, 0.3) is 0 Å². The summed E-state index contributed by atoms with van der Waals surface area (Å²) < 4.78 is 5.92. The van der Waals surface area contributed by atoms with Crippen molar-refractivity contribution in [1.29, 1.82) is 0 Å². The number of ether oxygens (including phenoxy) is 1. The van der Waals surface area contributed by atoms with E-state index in [0.717, 1.165) is 16.9 Å². The van der Waals surface area contributed by atoms with Crippen molar-refractivity contribution in [1.82, 2.24) is 5.32 Å². The van der Waals surface area contributed by atoms with Crippen molar-refractivity contribution in [3.05, 3.63) is 28.8 Å². The first kappa shape index (κ1) is 15.0. The van der Waals surface area contributed by atoms with Gasteiger partial charge in [-0.1, -0.05) is 28.1 Å². The number of benzene rings is 1. The Balaban J connectivity index is 2.67. The third-order valence-corrected chi connectivity index (χ3v) is 3.41. The molecule has 0 aliphatic rings. The molecule has 0 saturated heterocycles. The molecule has 1 aromatic carbocycles. The van der Waals surface area contributed by atoms with Crippen LogP contribution in [0.1, 0.15) is 23.6 Å². The Labute approximate surface area is 117 Å². The minimum absolute atomic E-state index is 0.0249. The lowest BCUT2D eigenvalue weighted by Gasteiger charge is -2.19. The van der Waals surface area contributed by atoms with Crippen molar-refractivity contribution in [2.45, 2.75) is 33.8 Å². The predicted octanol–water partition coefficient (Wildman–Crippen LogP) is 2.89. The van der Waals surface area contributed by atoms with Gasteiger partial charge in [-0.3, -0.25) is 4.79 Å². The number of alkyl halides is 1. The molecule has 0 bridgehead atoms. The first-order valence-electron chi connectivity index (χ1n) is 6.01. The van der Waals surface area contributed by atoms with Crippen LogP contribution in [0.4, 0.5) is 0 Å². The molecule has 1 rings (SSSR count). The number of carbonyl (C=O) groups excluding carboxylic acids is 1. The van der Waals surface area contributed by atoms with E-state index in [0.29, 0.717) is 11.9 Å². The minimum atomic E-state index is -0.0489. The van der Waals surface area contributed by atoms with E-state index in [4.69, 9.17) is 4.74 Å². The number of carbonyl (C=O) groups is 1. The summed E-state index contributed by atoms with van der Waals surface area (Å²) in [5.41, 5.74) is 3.50. The molecular weight excluding hydrogens is 294 g/mol. The molecule has 0 fully saturated rings. The number of rotatable bonds is 5. The molecule has 0 aliphatic carbocycles. The van der Waals surface area contributed by atoms with E-state index in [2.05, 4.69) is 47.2 Å². The van der Waals surface area contributed by atoms with Crippen molar-refractivity contribution >= 4 is 21.8 Å². The molecule has 1 amide bonds. The molecule has 1 atom stereocenters. The molecule has 0 spiro atoms. The van der Waals surface area contributed by atoms with Gasteiger partial charge in [-0.15, -0.1) is 0 Å². The quantitative estimate of drug-likeness (QED) is 0.849. The summed E-state index contributed by atoms with van der Waals surface area (Å²) in [7, 11) is 0. The molecular formula is C14H20BrNO2. The maximum atomic E-state index is 11.1. The smallest absolute Gasteiger partial charge is 0.230 e. The average Bonchev–Trinajstić information content (AvgIpc) is 2.36. The van der Waals surface area contributed by atoms with Gasteiger partial charge in [-0.25, -0.2) is 0 Å². The van der Waals surface area contributed by atoms with Crippen LogP contribution < -0.4 is 10.1 Å². The van der Waals surface area contributed by atoms with Crippen molar-refractivity contribution in [3.63, 3.8) is 0 Å². The van der Waals surface area contributed by atoms with Crippen LogP contribution in [0.15, 0.2) is 12.1 Å². The standard InChI is InChI=1S/C14H20BrNO2/c1-9-5-6-10(2)14(12(9)4)18-11(3)8-16-13(17)7-15/h5-6,11H,7-8H2,1-4H3,(H,16,17). The Morgan fingerprint density at radius 3 is 2.56 bits per heavy atom. The maximum Gasteiger partial charge on any atom is 0.230 e. The number of hydrogen-bond donors (Lipinski definition) is 1. The van der Waals surface area contributed by atoms with Crippen LogP contribution in [0.3, 0.4) is 0 Å². The molecule has 4 heteroatoms. The summed E-state index contributed by atoms with van der Waals surface area (Å²) in [5.74, 6) is 0.902. The molecule has 0 heterocycles. The fourth-order valence-electron chi connectivity index (χ4n) is 1.65. The van der Waals surface area contributed by atoms with E-state index >= 15 is 0 Å². The second-order valence-corrected chi connectivity index (χ2v) is 5.08. The second kappa shape index (κ2) is 6.78. The van der Waals surface area contributed by atoms with Crippen LogP contribution in [0.2, 0.25) is 0 Å². The van der Waals surface area contributed by atoms with E-state index in [1.807, 2.05) is 13.8 Å². The first-order chi connectivity index (χ1) is 8.45. The highest BCUT2D eigenvalue weighted by Gasteiger charge is 2.11. The lowest BCUT2D eigenvalue weighted by Crippen LogP contribution is -2.34. The summed E-state index contributed by atoms with van der Waals surface area (Å²) in [6.45, 7) is 8.62. The zero-order valence-corrected chi connectivity index (χ0v) is 12.9.